The lowest BCUT2D eigenvalue weighted by atomic mass is 10.2. The number of aromatic amines is 2. The summed E-state index contributed by atoms with van der Waals surface area (Å²) >= 11 is 0. The fraction of sp³-hybridized carbons (Fsp3) is 0.217. The summed E-state index contributed by atoms with van der Waals surface area (Å²) in [4.78, 5) is 33.1. The Kier molecular flexibility index (Phi) is 5.17. The molecule has 0 atom stereocenters. The van der Waals surface area contributed by atoms with Crippen LogP contribution in [0.1, 0.15) is 25.3 Å². The van der Waals surface area contributed by atoms with Crippen LogP contribution >= 0.6 is 0 Å². The Balaban J connectivity index is 1.56. The van der Waals surface area contributed by atoms with Crippen LogP contribution in [0.2, 0.25) is 0 Å². The van der Waals surface area contributed by atoms with Crippen LogP contribution in [0.15, 0.2) is 41.3 Å². The molecule has 0 spiro atoms. The van der Waals surface area contributed by atoms with Gasteiger partial charge in [-0.2, -0.15) is 9.61 Å². The van der Waals surface area contributed by atoms with Crippen molar-refractivity contribution in [2.75, 3.05) is 22.5 Å². The van der Waals surface area contributed by atoms with Crippen LogP contribution in [-0.4, -0.2) is 37.0 Å². The Morgan fingerprint density at radius 3 is 2.82 bits per heavy atom. The van der Waals surface area contributed by atoms with Gasteiger partial charge in [0.2, 0.25) is 5.91 Å². The van der Waals surface area contributed by atoms with E-state index in [4.69, 9.17) is 4.98 Å². The number of nitrogens with one attached hydrogen (secondary N) is 5. The molecule has 0 saturated heterocycles. The van der Waals surface area contributed by atoms with E-state index >= 15 is 0 Å². The number of carbonyl (C=O) groups is 1. The van der Waals surface area contributed by atoms with E-state index in [1.54, 1.807) is 16.8 Å². The van der Waals surface area contributed by atoms with E-state index in [2.05, 4.69) is 37.6 Å². The normalized spacial score (nSPS) is 13.9. The van der Waals surface area contributed by atoms with Crippen molar-refractivity contribution in [1.29, 1.82) is 0 Å². The van der Waals surface area contributed by atoms with Gasteiger partial charge in [0.25, 0.3) is 0 Å². The number of H-pyrrole nitrogens is 2. The number of rotatable bonds is 7. The van der Waals surface area contributed by atoms with E-state index in [-0.39, 0.29) is 11.6 Å². The van der Waals surface area contributed by atoms with Crippen LogP contribution in [0.3, 0.4) is 0 Å². The van der Waals surface area contributed by atoms with E-state index in [1.807, 2.05) is 30.3 Å². The molecule has 1 saturated carbocycles. The first kappa shape index (κ1) is 20.6. The van der Waals surface area contributed by atoms with Gasteiger partial charge in [0.15, 0.2) is 5.65 Å². The first-order chi connectivity index (χ1) is 15.9. The molecule has 1 fully saturated rings. The Morgan fingerprint density at radius 1 is 1.27 bits per heavy atom. The maximum absolute atomic E-state index is 11.6. The third-order valence-electron chi connectivity index (χ3n) is 5.36. The quantitative estimate of drug-likeness (QED) is 0.294. The van der Waals surface area contributed by atoms with E-state index < -0.39 is 0 Å². The van der Waals surface area contributed by atoms with Crippen LogP contribution in [-0.2, 0) is 4.79 Å². The predicted molar refractivity (Wildman–Crippen MR) is 128 cm³/mol. The fourth-order valence-corrected chi connectivity index (χ4v) is 3.58. The number of hydrogen-bond donors (Lipinski definition) is 5. The molecule has 168 valence electrons. The minimum absolute atomic E-state index is 0.134. The minimum Gasteiger partial charge on any atom is -0.370 e. The lowest BCUT2D eigenvalue weighted by Crippen LogP contribution is -2.22. The smallest absolute Gasteiger partial charge is 0.323 e. The average molecular weight is 444 g/mol. The molecule has 0 radical (unpaired) electrons. The van der Waals surface area contributed by atoms with Gasteiger partial charge >= 0.3 is 5.69 Å². The highest BCUT2D eigenvalue weighted by molar-refractivity contribution is 5.89. The van der Waals surface area contributed by atoms with E-state index in [9.17, 15) is 9.59 Å². The van der Waals surface area contributed by atoms with E-state index in [0.717, 1.165) is 23.6 Å². The summed E-state index contributed by atoms with van der Waals surface area (Å²) in [6.45, 7) is 6.19. The number of hydrogen-bond acceptors (Lipinski definition) is 6. The molecule has 1 aromatic carbocycles. The number of nitrogens with zero attached hydrogens (tertiary/aromatic N) is 3. The highest BCUT2D eigenvalue weighted by Crippen LogP contribution is 2.30. The van der Waals surface area contributed by atoms with Crippen molar-refractivity contribution in [3.8, 4) is 0 Å². The summed E-state index contributed by atoms with van der Waals surface area (Å²) in [5.74, 6) is 1.97. The average Bonchev–Trinajstić information content (AvgIpc) is 3.42. The van der Waals surface area contributed by atoms with Gasteiger partial charge in [0, 0.05) is 36.5 Å². The van der Waals surface area contributed by atoms with Gasteiger partial charge in [0.05, 0.1) is 16.9 Å². The zero-order valence-corrected chi connectivity index (χ0v) is 18.1. The van der Waals surface area contributed by atoms with Gasteiger partial charge in [-0.25, -0.2) is 9.78 Å². The predicted octanol–water partition coefficient (Wildman–Crippen LogP) is 1.51. The highest BCUT2D eigenvalue weighted by atomic mass is 16.1. The molecule has 10 nitrogen and oxygen atoms in total. The van der Waals surface area contributed by atoms with Crippen LogP contribution in [0, 0.1) is 5.92 Å². The molecule has 33 heavy (non-hydrogen) atoms. The number of fused-ring (bicyclic) bond motifs is 1. The first-order valence-electron chi connectivity index (χ1n) is 10.7. The molecule has 3 heterocycles. The van der Waals surface area contributed by atoms with E-state index in [0.29, 0.717) is 33.8 Å². The van der Waals surface area contributed by atoms with Gasteiger partial charge in [-0.05, 0) is 43.0 Å². The van der Waals surface area contributed by atoms with E-state index in [1.165, 1.54) is 19.8 Å². The molecule has 5 rings (SSSR count). The zero-order chi connectivity index (χ0) is 22.9. The maximum Gasteiger partial charge on any atom is 0.323 e. The second-order valence-corrected chi connectivity index (χ2v) is 8.19. The summed E-state index contributed by atoms with van der Waals surface area (Å²) in [7, 11) is 0. The van der Waals surface area contributed by atoms with Gasteiger partial charge in [-0.3, -0.25) is 4.79 Å². The van der Waals surface area contributed by atoms with Crippen LogP contribution < -0.4 is 32.3 Å². The Labute approximate surface area is 188 Å². The third-order valence-corrected chi connectivity index (χ3v) is 5.36. The highest BCUT2D eigenvalue weighted by Gasteiger charge is 2.21. The lowest BCUT2D eigenvalue weighted by molar-refractivity contribution is -0.114. The molecular formula is C23H24N8O2. The molecule has 10 heteroatoms. The molecule has 1 amide bonds. The number of benzene rings is 1. The standard InChI is InChI=1S/C23H24N8O2/c1-13-19(29-23(33)26-13)8-16-12-25-31-21(24-11-15-6-7-15)10-20(30-22(16)31)28-18-5-3-4-17(9-18)27-14(2)32/h3-5,8-10,12,15,24H,1,6-7,11H2,2H3,(H,27,32)(H,28,30)(H2,26,29,33)/b19-8-. The molecule has 0 aliphatic heterocycles. The molecule has 0 unspecified atom stereocenters. The minimum atomic E-state index is -0.316. The van der Waals surface area contributed by atoms with Gasteiger partial charge in [0.1, 0.15) is 11.6 Å². The summed E-state index contributed by atoms with van der Waals surface area (Å²) in [6, 6.07) is 9.32. The number of aromatic nitrogens is 5. The second kappa shape index (κ2) is 8.30. The first-order valence-corrected chi connectivity index (χ1v) is 10.7. The maximum atomic E-state index is 11.6. The van der Waals surface area contributed by atoms with Gasteiger partial charge in [-0.15, -0.1) is 0 Å². The van der Waals surface area contributed by atoms with Crippen LogP contribution in [0.5, 0.6) is 0 Å². The molecule has 1 aliphatic carbocycles. The Hall–Kier alpha value is -4.34. The molecule has 4 aromatic rings. The van der Waals surface area contributed by atoms with Crippen molar-refractivity contribution < 1.29 is 4.79 Å². The zero-order valence-electron chi connectivity index (χ0n) is 18.1. The van der Waals surface area contributed by atoms with Crippen LogP contribution in [0.4, 0.5) is 23.0 Å². The fourth-order valence-electron chi connectivity index (χ4n) is 3.58. The SMILES string of the molecule is C=c1[nH]c(=O)[nH]/c1=C\c1cnn2c(NCC3CC3)cc(Nc3cccc(NC(C)=O)c3)nc12. The van der Waals surface area contributed by atoms with Crippen LogP contribution in [0.25, 0.3) is 18.3 Å². The lowest BCUT2D eigenvalue weighted by Gasteiger charge is -2.12. The van der Waals surface area contributed by atoms with Gasteiger partial charge in [-0.1, -0.05) is 12.6 Å². The number of imidazole rings is 1. The summed E-state index contributed by atoms with van der Waals surface area (Å²) < 4.78 is 1.75. The number of carbonyl (C=O) groups excluding carboxylic acids is 1. The van der Waals surface area contributed by atoms with Crippen molar-refractivity contribution in [2.24, 2.45) is 5.92 Å². The van der Waals surface area contributed by atoms with Crippen molar-refractivity contribution >= 4 is 47.2 Å². The molecular weight excluding hydrogens is 420 g/mol. The van der Waals surface area contributed by atoms with Gasteiger partial charge < -0.3 is 25.9 Å². The summed E-state index contributed by atoms with van der Waals surface area (Å²) in [5.41, 5.74) is 2.52. The molecule has 1 aliphatic rings. The Bertz CT molecular complexity index is 1510. The number of anilines is 4. The summed E-state index contributed by atoms with van der Waals surface area (Å²) in [5, 5.41) is 15.2. The second-order valence-electron chi connectivity index (χ2n) is 8.19. The molecule has 0 bridgehead atoms. The van der Waals surface area contributed by atoms with Crippen molar-refractivity contribution in [3.05, 3.63) is 63.3 Å². The third kappa shape index (κ3) is 4.64. The topological polar surface area (TPSA) is 132 Å². The Morgan fingerprint density at radius 2 is 2.09 bits per heavy atom. The monoisotopic (exact) mass is 444 g/mol. The van der Waals surface area contributed by atoms with Crippen molar-refractivity contribution in [1.82, 2.24) is 24.6 Å². The summed E-state index contributed by atoms with van der Waals surface area (Å²) in [6.07, 6.45) is 5.96. The number of amides is 1. The van der Waals surface area contributed by atoms with Crippen molar-refractivity contribution in [3.63, 3.8) is 0 Å². The molecule has 3 aromatic heterocycles. The van der Waals surface area contributed by atoms with Crippen molar-refractivity contribution in [2.45, 2.75) is 19.8 Å². The molecule has 5 N–H and O–H groups in total. The largest absolute Gasteiger partial charge is 0.370 e.